The summed E-state index contributed by atoms with van der Waals surface area (Å²) in [5, 5.41) is 0.652. The lowest BCUT2D eigenvalue weighted by atomic mass is 10.1. The van der Waals surface area contributed by atoms with Crippen molar-refractivity contribution in [3.8, 4) is 5.75 Å². The molecule has 26 heavy (non-hydrogen) atoms. The molecular weight excluding hydrogens is 350 g/mol. The summed E-state index contributed by atoms with van der Waals surface area (Å²) in [6.45, 7) is 6.50. The van der Waals surface area contributed by atoms with Gasteiger partial charge in [-0.25, -0.2) is 0 Å². The molecule has 138 valence electrons. The molecule has 1 amide bonds. The van der Waals surface area contributed by atoms with Gasteiger partial charge in [-0.15, -0.1) is 0 Å². The number of halogens is 1. The number of amides is 1. The molecule has 5 nitrogen and oxygen atoms in total. The summed E-state index contributed by atoms with van der Waals surface area (Å²) < 4.78 is 5.77. The highest BCUT2D eigenvalue weighted by Gasteiger charge is 2.17. The summed E-state index contributed by atoms with van der Waals surface area (Å²) in [5.41, 5.74) is 7.03. The first-order chi connectivity index (χ1) is 12.6. The number of piperazine rings is 1. The Kier molecular flexibility index (Phi) is 6.50. The van der Waals surface area contributed by atoms with Crippen LogP contribution in [0.4, 0.5) is 0 Å². The quantitative estimate of drug-likeness (QED) is 0.810. The van der Waals surface area contributed by atoms with Crippen LogP contribution in [-0.4, -0.2) is 55.0 Å². The molecule has 0 aliphatic carbocycles. The fourth-order valence-corrected chi connectivity index (χ4v) is 3.24. The van der Waals surface area contributed by atoms with Crippen LogP contribution in [0.3, 0.4) is 0 Å². The molecule has 1 aliphatic rings. The molecule has 0 aromatic heterocycles. The maximum Gasteiger partial charge on any atom is 0.248 e. The number of primary amides is 1. The van der Waals surface area contributed by atoms with Gasteiger partial charge in [-0.3, -0.25) is 14.6 Å². The van der Waals surface area contributed by atoms with Crippen LogP contribution in [0, 0.1) is 0 Å². The van der Waals surface area contributed by atoms with E-state index in [1.165, 1.54) is 5.56 Å². The van der Waals surface area contributed by atoms with Crippen molar-refractivity contribution in [2.45, 2.75) is 6.54 Å². The molecule has 1 fully saturated rings. The second-order valence-corrected chi connectivity index (χ2v) is 6.87. The molecule has 6 heteroatoms. The minimum atomic E-state index is -0.385. The minimum Gasteiger partial charge on any atom is -0.491 e. The number of hydrogen-bond acceptors (Lipinski definition) is 4. The highest BCUT2D eigenvalue weighted by Crippen LogP contribution is 2.22. The fraction of sp³-hybridized carbons (Fsp3) is 0.350. The first-order valence-corrected chi connectivity index (χ1v) is 9.20. The molecule has 0 bridgehead atoms. The molecule has 2 N–H and O–H groups in total. The molecule has 2 aromatic carbocycles. The standard InChI is InChI=1S/C20H24ClN3O2/c21-18-3-1-2-4-19(18)26-14-13-23-9-11-24(12-10-23)15-16-5-7-17(8-6-16)20(22)25/h1-8H,9-15H2,(H2,22,25). The number of nitrogens with zero attached hydrogens (tertiary/aromatic N) is 2. The number of para-hydroxylation sites is 1. The molecular formula is C20H24ClN3O2. The minimum absolute atomic E-state index is 0.385. The molecule has 2 aromatic rings. The van der Waals surface area contributed by atoms with Crippen molar-refractivity contribution in [3.05, 3.63) is 64.7 Å². The topological polar surface area (TPSA) is 58.8 Å². The van der Waals surface area contributed by atoms with Gasteiger partial charge in [0.25, 0.3) is 0 Å². The Hall–Kier alpha value is -2.08. The number of carbonyl (C=O) groups is 1. The maximum atomic E-state index is 11.1. The molecule has 0 atom stereocenters. The van der Waals surface area contributed by atoms with Crippen molar-refractivity contribution in [3.63, 3.8) is 0 Å². The Labute approximate surface area is 159 Å². The summed E-state index contributed by atoms with van der Waals surface area (Å²) >= 11 is 6.10. The number of rotatable bonds is 7. The predicted molar refractivity (Wildman–Crippen MR) is 104 cm³/mol. The smallest absolute Gasteiger partial charge is 0.248 e. The second-order valence-electron chi connectivity index (χ2n) is 6.46. The summed E-state index contributed by atoms with van der Waals surface area (Å²) in [5.74, 6) is 0.358. The summed E-state index contributed by atoms with van der Waals surface area (Å²) in [7, 11) is 0. The van der Waals surface area contributed by atoms with Crippen LogP contribution in [-0.2, 0) is 6.54 Å². The average Bonchev–Trinajstić information content (AvgIpc) is 2.65. The zero-order valence-electron chi connectivity index (χ0n) is 14.7. The predicted octanol–water partition coefficient (Wildman–Crippen LogP) is 2.64. The van der Waals surface area contributed by atoms with Gasteiger partial charge in [-0.1, -0.05) is 35.9 Å². The number of hydrogen-bond donors (Lipinski definition) is 1. The third-order valence-corrected chi connectivity index (χ3v) is 4.92. The molecule has 0 unspecified atom stereocenters. The van der Waals surface area contributed by atoms with Crippen LogP contribution in [0.1, 0.15) is 15.9 Å². The lowest BCUT2D eigenvalue weighted by Gasteiger charge is -2.34. The number of nitrogens with two attached hydrogens (primary N) is 1. The van der Waals surface area contributed by atoms with E-state index in [0.717, 1.165) is 45.0 Å². The molecule has 1 saturated heterocycles. The van der Waals surface area contributed by atoms with Crippen molar-refractivity contribution in [2.75, 3.05) is 39.3 Å². The monoisotopic (exact) mass is 373 g/mol. The van der Waals surface area contributed by atoms with E-state index in [0.29, 0.717) is 17.2 Å². The van der Waals surface area contributed by atoms with Gasteiger partial charge in [-0.05, 0) is 29.8 Å². The summed E-state index contributed by atoms with van der Waals surface area (Å²) in [4.78, 5) is 16.0. The summed E-state index contributed by atoms with van der Waals surface area (Å²) in [6, 6.07) is 15.1. The fourth-order valence-electron chi connectivity index (χ4n) is 3.05. The van der Waals surface area contributed by atoms with E-state index in [2.05, 4.69) is 9.80 Å². The second kappa shape index (κ2) is 9.03. The highest BCUT2D eigenvalue weighted by atomic mass is 35.5. The largest absolute Gasteiger partial charge is 0.491 e. The van der Waals surface area contributed by atoms with Gasteiger partial charge < -0.3 is 10.5 Å². The lowest BCUT2D eigenvalue weighted by molar-refractivity contribution is 0.1000. The normalized spacial score (nSPS) is 15.7. The lowest BCUT2D eigenvalue weighted by Crippen LogP contribution is -2.47. The maximum absolute atomic E-state index is 11.1. The Morgan fingerprint density at radius 1 is 1.00 bits per heavy atom. The van der Waals surface area contributed by atoms with Crippen LogP contribution >= 0.6 is 11.6 Å². The first-order valence-electron chi connectivity index (χ1n) is 8.82. The van der Waals surface area contributed by atoms with E-state index in [9.17, 15) is 4.79 Å². The van der Waals surface area contributed by atoms with Gasteiger partial charge in [0.1, 0.15) is 12.4 Å². The molecule has 0 radical (unpaired) electrons. The average molecular weight is 374 g/mol. The van der Waals surface area contributed by atoms with E-state index in [4.69, 9.17) is 22.1 Å². The van der Waals surface area contributed by atoms with E-state index < -0.39 is 0 Å². The van der Waals surface area contributed by atoms with Crippen LogP contribution in [0.2, 0.25) is 5.02 Å². The zero-order chi connectivity index (χ0) is 18.4. The van der Waals surface area contributed by atoms with Gasteiger partial charge in [-0.2, -0.15) is 0 Å². The SMILES string of the molecule is NC(=O)c1ccc(CN2CCN(CCOc3ccccc3Cl)CC2)cc1. The van der Waals surface area contributed by atoms with Crippen LogP contribution in [0.25, 0.3) is 0 Å². The Bertz CT molecular complexity index is 728. The molecule has 0 spiro atoms. The molecule has 1 aliphatic heterocycles. The van der Waals surface area contributed by atoms with Crippen molar-refractivity contribution in [1.29, 1.82) is 0 Å². The first kappa shape index (κ1) is 18.7. The van der Waals surface area contributed by atoms with E-state index in [1.54, 1.807) is 12.1 Å². The van der Waals surface area contributed by atoms with Crippen LogP contribution in [0.5, 0.6) is 5.75 Å². The van der Waals surface area contributed by atoms with E-state index >= 15 is 0 Å². The van der Waals surface area contributed by atoms with Crippen LogP contribution in [0.15, 0.2) is 48.5 Å². The molecule has 0 saturated carbocycles. The third kappa shape index (κ3) is 5.21. The molecule has 3 rings (SSSR count). The van der Waals surface area contributed by atoms with Gasteiger partial charge in [0, 0.05) is 44.8 Å². The number of ether oxygens (including phenoxy) is 1. The van der Waals surface area contributed by atoms with E-state index in [1.807, 2.05) is 36.4 Å². The van der Waals surface area contributed by atoms with Crippen LogP contribution < -0.4 is 10.5 Å². The molecule has 1 heterocycles. The van der Waals surface area contributed by atoms with Crippen molar-refractivity contribution >= 4 is 17.5 Å². The number of benzene rings is 2. The Balaban J connectivity index is 1.38. The summed E-state index contributed by atoms with van der Waals surface area (Å²) in [6.07, 6.45) is 0. The van der Waals surface area contributed by atoms with Gasteiger partial charge in [0.05, 0.1) is 5.02 Å². The third-order valence-electron chi connectivity index (χ3n) is 4.61. The van der Waals surface area contributed by atoms with Crippen molar-refractivity contribution in [1.82, 2.24) is 9.80 Å². The zero-order valence-corrected chi connectivity index (χ0v) is 15.5. The van der Waals surface area contributed by atoms with Crippen molar-refractivity contribution in [2.24, 2.45) is 5.73 Å². The van der Waals surface area contributed by atoms with Gasteiger partial charge in [0.15, 0.2) is 0 Å². The Morgan fingerprint density at radius 2 is 1.65 bits per heavy atom. The number of carbonyl (C=O) groups excluding carboxylic acids is 1. The van der Waals surface area contributed by atoms with Crippen molar-refractivity contribution < 1.29 is 9.53 Å². The van der Waals surface area contributed by atoms with E-state index in [-0.39, 0.29) is 5.91 Å². The van der Waals surface area contributed by atoms with Gasteiger partial charge in [0.2, 0.25) is 5.91 Å². The van der Waals surface area contributed by atoms with Gasteiger partial charge >= 0.3 is 0 Å². The Morgan fingerprint density at radius 3 is 2.31 bits per heavy atom. The highest BCUT2D eigenvalue weighted by molar-refractivity contribution is 6.32.